The van der Waals surface area contributed by atoms with Crippen molar-refractivity contribution in [3.63, 3.8) is 0 Å². The summed E-state index contributed by atoms with van der Waals surface area (Å²) in [5, 5.41) is 44.0. The van der Waals surface area contributed by atoms with Gasteiger partial charge < -0.3 is 21.3 Å². The number of hydrogen-bond donors (Lipinski definition) is 3. The molecule has 5 heterocycles. The van der Waals surface area contributed by atoms with Crippen molar-refractivity contribution in [1.29, 1.82) is 0 Å². The maximum absolute atomic E-state index is 12.2. The summed E-state index contributed by atoms with van der Waals surface area (Å²) >= 11 is 0. The van der Waals surface area contributed by atoms with E-state index in [-0.39, 0.29) is 57.7 Å². The number of aliphatic hydroxyl groups is 1. The van der Waals surface area contributed by atoms with Crippen molar-refractivity contribution in [2.45, 2.75) is 52.4 Å². The fourth-order valence-corrected chi connectivity index (χ4v) is 4.80. The number of methoxy groups -OCH3 is 1. The number of carbonyl (C=O) groups excluding carboxylic acids is 2. The first-order chi connectivity index (χ1) is 24.1. The average molecular weight is 688 g/mol. The molecule has 0 aliphatic heterocycles. The van der Waals surface area contributed by atoms with Crippen molar-refractivity contribution in [2.24, 2.45) is 34.6 Å². The van der Waals surface area contributed by atoms with Crippen molar-refractivity contribution >= 4 is 46.4 Å². The second-order valence-corrected chi connectivity index (χ2v) is 11.0. The van der Waals surface area contributed by atoms with Gasteiger partial charge in [-0.15, -0.1) is 20.5 Å². The highest BCUT2D eigenvalue weighted by Gasteiger charge is 2.23. The first kappa shape index (κ1) is 35.1. The maximum Gasteiger partial charge on any atom is 0.343 e. The number of azo groups is 2. The summed E-state index contributed by atoms with van der Waals surface area (Å²) < 4.78 is 10.2. The number of aryl methyl sites for hydroxylation is 4. The van der Waals surface area contributed by atoms with Crippen LogP contribution in [0.3, 0.4) is 0 Å². The summed E-state index contributed by atoms with van der Waals surface area (Å²) in [6.45, 7) is 3.37. The molecule has 5 aromatic heterocycles. The van der Waals surface area contributed by atoms with Crippen LogP contribution in [-0.4, -0.2) is 84.6 Å². The van der Waals surface area contributed by atoms with Crippen molar-refractivity contribution in [2.75, 3.05) is 25.2 Å². The minimum absolute atomic E-state index is 0.0502. The molecule has 0 amide bonds. The number of aromatic nitrogens is 11. The molecular formula is C29H37N17O4. The van der Waals surface area contributed by atoms with Crippen LogP contribution < -0.4 is 11.5 Å². The zero-order valence-corrected chi connectivity index (χ0v) is 28.2. The molecule has 0 bridgehead atoms. The molecule has 262 valence electrons. The van der Waals surface area contributed by atoms with E-state index in [0.29, 0.717) is 24.2 Å². The van der Waals surface area contributed by atoms with Gasteiger partial charge in [-0.1, -0.05) is 26.7 Å². The standard InChI is InChI=1S/C29H37N17O4/c1-6-8-10-18-21(37-39-25-16(20(48)14-47)12-34-43(25)3)23(30)45(41-18)28-32-15-33-29(36-28)46-24(31)22(19(42-46)11-9-7-2)38-40-26-17(27(49)50-5)13-35-44(26)4/h12-13,15,47H,6-11,14,30-31H2,1-5H3/b39-37+,40-38+. The molecule has 0 aliphatic carbocycles. The third-order valence-corrected chi connectivity index (χ3v) is 7.54. The van der Waals surface area contributed by atoms with Gasteiger partial charge in [0.05, 0.1) is 36.5 Å². The van der Waals surface area contributed by atoms with Crippen LogP contribution in [0.1, 0.15) is 71.6 Å². The Morgan fingerprint density at radius 2 is 1.28 bits per heavy atom. The second kappa shape index (κ2) is 15.3. The van der Waals surface area contributed by atoms with Gasteiger partial charge in [-0.2, -0.15) is 44.7 Å². The normalized spacial score (nSPS) is 11.7. The van der Waals surface area contributed by atoms with Crippen LogP contribution in [0.5, 0.6) is 0 Å². The molecule has 21 heteroatoms. The van der Waals surface area contributed by atoms with Gasteiger partial charge in [-0.05, 0) is 25.7 Å². The number of ketones is 1. The predicted molar refractivity (Wildman–Crippen MR) is 178 cm³/mol. The SMILES string of the molecule is CCCCc1nn(-c2ncnc(-n3nc(CCCC)c(/N=N/c4c(C(=O)OC)cnn4C)c3N)n2)c(N)c1/N=N/c1c(C(=O)CO)cnn1C. The Morgan fingerprint density at radius 3 is 1.74 bits per heavy atom. The molecule has 0 fully saturated rings. The molecule has 0 unspecified atom stereocenters. The van der Waals surface area contributed by atoms with Crippen LogP contribution in [0.4, 0.5) is 34.6 Å². The number of nitrogens with two attached hydrogens (primary N) is 2. The van der Waals surface area contributed by atoms with Gasteiger partial charge in [0.1, 0.15) is 18.5 Å². The predicted octanol–water partition coefficient (Wildman–Crippen LogP) is 3.35. The van der Waals surface area contributed by atoms with Crippen LogP contribution >= 0.6 is 0 Å². The van der Waals surface area contributed by atoms with Gasteiger partial charge in [0.15, 0.2) is 40.4 Å². The molecule has 5 N–H and O–H groups in total. The van der Waals surface area contributed by atoms with Crippen molar-refractivity contribution in [3.8, 4) is 11.9 Å². The number of aliphatic hydroxyl groups excluding tert-OH is 1. The van der Waals surface area contributed by atoms with E-state index in [4.69, 9.17) is 16.2 Å². The van der Waals surface area contributed by atoms with Crippen LogP contribution in [0, 0.1) is 0 Å². The molecule has 5 aromatic rings. The lowest BCUT2D eigenvalue weighted by Gasteiger charge is -2.05. The lowest BCUT2D eigenvalue weighted by molar-refractivity contribution is 0.0601. The summed E-state index contributed by atoms with van der Waals surface area (Å²) in [5.74, 6) is -0.569. The Hall–Kier alpha value is -6.25. The number of rotatable bonds is 15. The minimum atomic E-state index is -0.705. The fourth-order valence-electron chi connectivity index (χ4n) is 4.80. The van der Waals surface area contributed by atoms with E-state index in [2.05, 4.69) is 55.8 Å². The Kier molecular flexibility index (Phi) is 10.7. The lowest BCUT2D eigenvalue weighted by Crippen LogP contribution is -2.12. The smallest absolute Gasteiger partial charge is 0.343 e. The van der Waals surface area contributed by atoms with E-state index < -0.39 is 18.4 Å². The largest absolute Gasteiger partial charge is 0.465 e. The van der Waals surface area contributed by atoms with Gasteiger partial charge >= 0.3 is 5.97 Å². The summed E-state index contributed by atoms with van der Waals surface area (Å²) in [4.78, 5) is 37.6. The molecular weight excluding hydrogens is 650 g/mol. The molecule has 0 aliphatic rings. The third-order valence-electron chi connectivity index (χ3n) is 7.54. The number of Topliss-reactive ketones (excluding diaryl/α,β-unsaturated/α-hetero) is 1. The van der Waals surface area contributed by atoms with E-state index in [1.54, 1.807) is 14.1 Å². The van der Waals surface area contributed by atoms with Gasteiger partial charge in [-0.3, -0.25) is 4.79 Å². The average Bonchev–Trinajstić information content (AvgIpc) is 3.86. The third kappa shape index (κ3) is 6.97. The van der Waals surface area contributed by atoms with Gasteiger partial charge in [0, 0.05) is 14.1 Å². The number of ether oxygens (including phenoxy) is 1. The van der Waals surface area contributed by atoms with E-state index >= 15 is 0 Å². The molecule has 0 radical (unpaired) electrons. The fraction of sp³-hybridized carbons (Fsp3) is 0.414. The zero-order valence-electron chi connectivity index (χ0n) is 28.2. The van der Waals surface area contributed by atoms with E-state index in [0.717, 1.165) is 25.7 Å². The van der Waals surface area contributed by atoms with Gasteiger partial charge in [0.25, 0.3) is 11.9 Å². The molecule has 0 saturated heterocycles. The summed E-state index contributed by atoms with van der Waals surface area (Å²) in [6.07, 6.45) is 8.28. The highest BCUT2D eigenvalue weighted by atomic mass is 16.5. The Bertz CT molecular complexity index is 1930. The van der Waals surface area contributed by atoms with Crippen LogP contribution in [0.15, 0.2) is 39.2 Å². The van der Waals surface area contributed by atoms with Crippen LogP contribution in [0.2, 0.25) is 0 Å². The van der Waals surface area contributed by atoms with Gasteiger partial charge in [-0.25, -0.2) is 14.2 Å². The van der Waals surface area contributed by atoms with Crippen molar-refractivity contribution < 1.29 is 19.4 Å². The number of esters is 1. The summed E-state index contributed by atoms with van der Waals surface area (Å²) in [6, 6.07) is 0. The van der Waals surface area contributed by atoms with Crippen molar-refractivity contribution in [1.82, 2.24) is 54.1 Å². The maximum atomic E-state index is 12.2. The quantitative estimate of drug-likeness (QED) is 0.0810. The number of carbonyl (C=O) groups is 2. The Morgan fingerprint density at radius 1 is 0.800 bits per heavy atom. The summed E-state index contributed by atoms with van der Waals surface area (Å²) in [5.41, 5.74) is 15.0. The Balaban J connectivity index is 1.55. The first-order valence-corrected chi connectivity index (χ1v) is 15.7. The molecule has 0 atom stereocenters. The Labute approximate surface area is 285 Å². The zero-order chi connectivity index (χ0) is 35.9. The molecule has 21 nitrogen and oxygen atoms in total. The van der Waals surface area contributed by atoms with E-state index in [1.165, 1.54) is 44.6 Å². The first-order valence-electron chi connectivity index (χ1n) is 15.7. The number of nitrogen functional groups attached to an aromatic ring is 2. The second-order valence-electron chi connectivity index (χ2n) is 11.0. The monoisotopic (exact) mass is 687 g/mol. The van der Waals surface area contributed by atoms with Crippen LogP contribution in [-0.2, 0) is 31.7 Å². The van der Waals surface area contributed by atoms with Crippen molar-refractivity contribution in [3.05, 3.63) is 41.2 Å². The van der Waals surface area contributed by atoms with E-state index in [9.17, 15) is 14.7 Å². The lowest BCUT2D eigenvalue weighted by atomic mass is 10.2. The molecule has 5 rings (SSSR count). The number of anilines is 2. The molecule has 0 saturated carbocycles. The van der Waals surface area contributed by atoms with E-state index in [1.807, 2.05) is 13.8 Å². The number of unbranched alkanes of at least 4 members (excludes halogenated alkanes) is 2. The molecule has 0 aromatic carbocycles. The topological polar surface area (TPSA) is 275 Å². The molecule has 0 spiro atoms. The highest BCUT2D eigenvalue weighted by molar-refractivity contribution is 6.00. The minimum Gasteiger partial charge on any atom is -0.465 e. The number of hydrogen-bond acceptors (Lipinski definition) is 17. The summed E-state index contributed by atoms with van der Waals surface area (Å²) in [7, 11) is 4.48. The molecule has 50 heavy (non-hydrogen) atoms. The van der Waals surface area contributed by atoms with Crippen LogP contribution in [0.25, 0.3) is 11.9 Å². The number of nitrogens with zero attached hydrogens (tertiary/aromatic N) is 15. The van der Waals surface area contributed by atoms with Gasteiger partial charge in [0.2, 0.25) is 0 Å². The highest BCUT2D eigenvalue weighted by Crippen LogP contribution is 2.34.